The van der Waals surface area contributed by atoms with Crippen LogP contribution in [0.25, 0.3) is 0 Å². The minimum absolute atomic E-state index is 0.0512. The molecular weight excluding hydrogens is 642 g/mol. The SMILES string of the molecule is CCCCC[C@H](O)/C=C/[C@H]1[C@H](O)CC2O[C@@H](/C=C/CCCN)C[C@@H]21.CCCCC[C@H](O)/C=C/[C@H]1[C@H](O)CC2O[C@H](/C=C/CC(F)(F)CN)C[C@@H]21. The molecule has 0 spiro atoms. The Kier molecular flexibility index (Phi) is 19.3. The van der Waals surface area contributed by atoms with Gasteiger partial charge in [-0.25, -0.2) is 8.78 Å². The van der Waals surface area contributed by atoms with Gasteiger partial charge in [0.15, 0.2) is 0 Å². The molecule has 0 aromatic rings. The molecule has 4 fully saturated rings. The summed E-state index contributed by atoms with van der Waals surface area (Å²) in [7, 11) is 0. The van der Waals surface area contributed by atoms with E-state index in [9.17, 15) is 29.2 Å². The zero-order chi connectivity index (χ0) is 36.5. The number of fused-ring (bicyclic) bond motifs is 2. The molecule has 2 saturated carbocycles. The van der Waals surface area contributed by atoms with Crippen LogP contribution in [0.5, 0.6) is 0 Å². The lowest BCUT2D eigenvalue weighted by Crippen LogP contribution is -2.26. The van der Waals surface area contributed by atoms with E-state index in [0.717, 1.165) is 70.8 Å². The Bertz CT molecular complexity index is 1060. The fourth-order valence-electron chi connectivity index (χ4n) is 7.90. The third-order valence-electron chi connectivity index (χ3n) is 10.8. The molecule has 2 aliphatic carbocycles. The Balaban J connectivity index is 0.000000271. The first-order chi connectivity index (χ1) is 24.0. The largest absolute Gasteiger partial charge is 0.392 e. The van der Waals surface area contributed by atoms with Gasteiger partial charge in [-0.1, -0.05) is 101 Å². The van der Waals surface area contributed by atoms with Crippen molar-refractivity contribution in [2.24, 2.45) is 35.1 Å². The second kappa shape index (κ2) is 22.5. The van der Waals surface area contributed by atoms with Crippen molar-refractivity contribution in [3.05, 3.63) is 48.6 Å². The summed E-state index contributed by atoms with van der Waals surface area (Å²) in [4.78, 5) is 0. The molecule has 8 nitrogen and oxygen atoms in total. The predicted octanol–water partition coefficient (Wildman–Crippen LogP) is 6.11. The predicted molar refractivity (Wildman–Crippen MR) is 196 cm³/mol. The summed E-state index contributed by atoms with van der Waals surface area (Å²) in [5.41, 5.74) is 10.5. The van der Waals surface area contributed by atoms with Gasteiger partial charge in [-0.15, -0.1) is 0 Å². The minimum Gasteiger partial charge on any atom is -0.392 e. The van der Waals surface area contributed by atoms with Gasteiger partial charge in [0.25, 0.3) is 5.92 Å². The number of alkyl halides is 2. The summed E-state index contributed by atoms with van der Waals surface area (Å²) in [6.07, 6.45) is 26.1. The second-order valence-electron chi connectivity index (χ2n) is 14.9. The van der Waals surface area contributed by atoms with Crippen molar-refractivity contribution in [2.75, 3.05) is 13.1 Å². The van der Waals surface area contributed by atoms with Gasteiger partial charge >= 0.3 is 0 Å². The number of halogens is 2. The average molecular weight is 711 g/mol. The first kappa shape index (κ1) is 42.9. The number of nitrogens with two attached hydrogens (primary N) is 2. The van der Waals surface area contributed by atoms with Crippen molar-refractivity contribution in [2.45, 2.75) is 165 Å². The van der Waals surface area contributed by atoms with E-state index in [2.05, 4.69) is 26.0 Å². The first-order valence-electron chi connectivity index (χ1n) is 19.5. The number of hydrogen-bond donors (Lipinski definition) is 6. The number of ether oxygens (including phenoxy) is 2. The van der Waals surface area contributed by atoms with E-state index < -0.39 is 30.8 Å². The number of allylic oxidation sites excluding steroid dienone is 2. The van der Waals surface area contributed by atoms with Crippen LogP contribution in [-0.2, 0) is 9.47 Å². The van der Waals surface area contributed by atoms with E-state index in [1.807, 2.05) is 18.2 Å². The third kappa shape index (κ3) is 14.1. The molecule has 8 N–H and O–H groups in total. The standard InChI is InChI=1S/C20H33F2NO3.C20H35NO3/c1-2-3-4-6-14(24)8-9-16-17-11-15(26-19(17)12-18(16)25)7-5-10-20(21,22)13-23;1-2-3-5-8-15(22)10-11-17-18-13-16(9-6-4-7-12-21)24-20(18)14-19(17)23/h5,7-9,14-19,24-25H,2-4,6,10-13,23H2,1H3;6,9-11,15-20,22-23H,2-5,7-8,12-14,21H2,1H3/b7-5+,9-8+;9-6+,11-10+/t14-,15+,16+,17+,18+,19?;15-,16-,17+,18+,19+,20?/m00/s1. The van der Waals surface area contributed by atoms with Gasteiger partial charge in [0.1, 0.15) is 0 Å². The molecule has 2 aliphatic heterocycles. The lowest BCUT2D eigenvalue weighted by Gasteiger charge is -2.17. The summed E-state index contributed by atoms with van der Waals surface area (Å²) in [5, 5.41) is 40.7. The van der Waals surface area contributed by atoms with Gasteiger partial charge in [0.2, 0.25) is 0 Å². The van der Waals surface area contributed by atoms with E-state index in [1.165, 1.54) is 12.5 Å². The summed E-state index contributed by atoms with van der Waals surface area (Å²) < 4.78 is 38.3. The molecule has 0 bridgehead atoms. The zero-order valence-electron chi connectivity index (χ0n) is 30.6. The van der Waals surface area contributed by atoms with Crippen LogP contribution in [-0.4, -0.2) is 88.3 Å². The summed E-state index contributed by atoms with van der Waals surface area (Å²) in [6.45, 7) is 4.35. The molecule has 10 heteroatoms. The molecule has 0 aromatic carbocycles. The molecule has 288 valence electrons. The summed E-state index contributed by atoms with van der Waals surface area (Å²) in [6, 6.07) is 0. The topological polar surface area (TPSA) is 151 Å². The van der Waals surface area contributed by atoms with Crippen LogP contribution in [0.2, 0.25) is 0 Å². The molecule has 2 heterocycles. The number of aliphatic hydroxyl groups excluding tert-OH is 4. The average Bonchev–Trinajstić information content (AvgIpc) is 3.81. The van der Waals surface area contributed by atoms with Crippen LogP contribution in [0.4, 0.5) is 8.78 Å². The van der Waals surface area contributed by atoms with E-state index in [4.69, 9.17) is 20.9 Å². The van der Waals surface area contributed by atoms with Crippen LogP contribution in [0.1, 0.15) is 110 Å². The number of rotatable bonds is 20. The molecule has 4 rings (SSSR count). The summed E-state index contributed by atoms with van der Waals surface area (Å²) in [5.74, 6) is -2.29. The van der Waals surface area contributed by atoms with Crippen molar-refractivity contribution in [1.82, 2.24) is 0 Å². The fraction of sp³-hybridized carbons (Fsp3) is 0.800. The second-order valence-corrected chi connectivity index (χ2v) is 14.9. The lowest BCUT2D eigenvalue weighted by molar-refractivity contribution is 0.0136. The Morgan fingerprint density at radius 2 is 1.18 bits per heavy atom. The molecule has 4 aliphatic rings. The van der Waals surface area contributed by atoms with E-state index in [1.54, 1.807) is 12.2 Å². The highest BCUT2D eigenvalue weighted by molar-refractivity contribution is 5.11. The maximum Gasteiger partial charge on any atom is 0.263 e. The van der Waals surface area contributed by atoms with Crippen LogP contribution in [0, 0.1) is 23.7 Å². The smallest absolute Gasteiger partial charge is 0.263 e. The van der Waals surface area contributed by atoms with Crippen LogP contribution < -0.4 is 11.5 Å². The van der Waals surface area contributed by atoms with Crippen LogP contribution in [0.15, 0.2) is 48.6 Å². The Labute approximate surface area is 300 Å². The highest BCUT2D eigenvalue weighted by Gasteiger charge is 2.48. The maximum absolute atomic E-state index is 13.2. The van der Waals surface area contributed by atoms with E-state index in [0.29, 0.717) is 25.2 Å². The molecular formula is C40H68F2N2O6. The molecule has 0 aromatic heterocycles. The van der Waals surface area contributed by atoms with Crippen LogP contribution in [0.3, 0.4) is 0 Å². The monoisotopic (exact) mass is 711 g/mol. The summed E-state index contributed by atoms with van der Waals surface area (Å²) >= 11 is 0. The fourth-order valence-corrected chi connectivity index (χ4v) is 7.90. The van der Waals surface area contributed by atoms with Crippen LogP contribution >= 0.6 is 0 Å². The highest BCUT2D eigenvalue weighted by atomic mass is 19.3. The molecule has 50 heavy (non-hydrogen) atoms. The number of aliphatic hydroxyl groups is 4. The number of unbranched alkanes of at least 4 members (excludes halogenated alkanes) is 5. The quantitative estimate of drug-likeness (QED) is 0.0654. The molecule has 0 amide bonds. The van der Waals surface area contributed by atoms with Crippen molar-refractivity contribution in [3.8, 4) is 0 Å². The van der Waals surface area contributed by atoms with E-state index in [-0.39, 0.29) is 54.7 Å². The van der Waals surface area contributed by atoms with Crippen molar-refractivity contribution < 1.29 is 38.7 Å². The Hall–Kier alpha value is -1.50. The molecule has 2 unspecified atom stereocenters. The van der Waals surface area contributed by atoms with Gasteiger partial charge in [-0.05, 0) is 56.9 Å². The van der Waals surface area contributed by atoms with Gasteiger partial charge in [-0.3, -0.25) is 0 Å². The highest BCUT2D eigenvalue weighted by Crippen LogP contribution is 2.45. The molecule has 0 radical (unpaired) electrons. The van der Waals surface area contributed by atoms with Crippen molar-refractivity contribution in [3.63, 3.8) is 0 Å². The van der Waals surface area contributed by atoms with Gasteiger partial charge in [-0.2, -0.15) is 0 Å². The van der Waals surface area contributed by atoms with Crippen molar-refractivity contribution in [1.29, 1.82) is 0 Å². The van der Waals surface area contributed by atoms with Crippen molar-refractivity contribution >= 4 is 0 Å². The maximum atomic E-state index is 13.2. The third-order valence-corrected chi connectivity index (χ3v) is 10.8. The molecule has 12 atom stereocenters. The Morgan fingerprint density at radius 1 is 0.700 bits per heavy atom. The van der Waals surface area contributed by atoms with E-state index >= 15 is 0 Å². The molecule has 2 saturated heterocycles. The normalized spacial score (nSPS) is 33.9. The van der Waals surface area contributed by atoms with Gasteiger partial charge < -0.3 is 41.4 Å². The lowest BCUT2D eigenvalue weighted by atomic mass is 9.89. The van der Waals surface area contributed by atoms with Gasteiger partial charge in [0, 0.05) is 31.1 Å². The number of hydrogen-bond acceptors (Lipinski definition) is 8. The van der Waals surface area contributed by atoms with Gasteiger partial charge in [0.05, 0.1) is 55.4 Å². The minimum atomic E-state index is -2.87. The zero-order valence-corrected chi connectivity index (χ0v) is 30.6. The Morgan fingerprint density at radius 3 is 1.62 bits per heavy atom. The first-order valence-corrected chi connectivity index (χ1v) is 19.5.